The maximum atomic E-state index is 2.50. The van der Waals surface area contributed by atoms with Crippen molar-refractivity contribution in [3.05, 3.63) is 175 Å². The highest BCUT2D eigenvalue weighted by Gasteiger charge is 2.36. The second kappa shape index (κ2) is 10.0. The Hall–Kier alpha value is -5.92. The van der Waals surface area contributed by atoms with Crippen LogP contribution in [0, 0.1) is 0 Å². The number of fused-ring (bicyclic) bond motifs is 11. The molecule has 0 saturated carbocycles. The zero-order valence-corrected chi connectivity index (χ0v) is 27.0. The van der Waals surface area contributed by atoms with Gasteiger partial charge in [-0.05, 0) is 95.7 Å². The molecule has 9 aromatic carbocycles. The number of hydrogen-bond acceptors (Lipinski definition) is 1. The predicted molar refractivity (Wildman–Crippen MR) is 206 cm³/mol. The summed E-state index contributed by atoms with van der Waals surface area (Å²) in [4.78, 5) is 2.50. The van der Waals surface area contributed by atoms with Gasteiger partial charge in [-0.2, -0.15) is 0 Å². The van der Waals surface area contributed by atoms with E-state index in [4.69, 9.17) is 0 Å². The van der Waals surface area contributed by atoms with Gasteiger partial charge in [-0.15, -0.1) is 0 Å². The minimum absolute atomic E-state index is 0.0996. The summed E-state index contributed by atoms with van der Waals surface area (Å²) in [6.45, 7) is 4.73. The van der Waals surface area contributed by atoms with Gasteiger partial charge in [0.25, 0.3) is 0 Å². The Morgan fingerprint density at radius 2 is 0.938 bits per heavy atom. The molecule has 10 rings (SSSR count). The lowest BCUT2D eigenvalue weighted by molar-refractivity contribution is 0.660. The average molecular weight is 612 g/mol. The van der Waals surface area contributed by atoms with Crippen LogP contribution in [0.15, 0.2) is 164 Å². The van der Waals surface area contributed by atoms with E-state index in [1.165, 1.54) is 87.5 Å². The SMILES string of the molecule is CC1(C)c2ccccc2-c2ccc(N(c3ccc4ccccc4c3)c3cc4ccc5ccccc5c4c4c3ccc3ccccc34)cc21. The molecule has 0 spiro atoms. The lowest BCUT2D eigenvalue weighted by Gasteiger charge is -2.30. The average Bonchev–Trinajstić information content (AvgIpc) is 3.37. The minimum atomic E-state index is -0.0996. The predicted octanol–water partition coefficient (Wildman–Crippen LogP) is 13.2. The molecule has 0 radical (unpaired) electrons. The van der Waals surface area contributed by atoms with Crippen molar-refractivity contribution < 1.29 is 0 Å². The Kier molecular flexibility index (Phi) is 5.69. The van der Waals surface area contributed by atoms with Crippen molar-refractivity contribution in [2.45, 2.75) is 19.3 Å². The molecule has 1 aliphatic rings. The summed E-state index contributed by atoms with van der Waals surface area (Å²) in [6.07, 6.45) is 0. The lowest BCUT2D eigenvalue weighted by atomic mass is 9.82. The van der Waals surface area contributed by atoms with Crippen LogP contribution in [0.2, 0.25) is 0 Å². The zero-order valence-electron chi connectivity index (χ0n) is 27.0. The van der Waals surface area contributed by atoms with E-state index in [1.54, 1.807) is 0 Å². The molecule has 0 bridgehead atoms. The van der Waals surface area contributed by atoms with Crippen LogP contribution in [0.4, 0.5) is 17.1 Å². The highest BCUT2D eigenvalue weighted by atomic mass is 15.1. The second-order valence-electron chi connectivity index (χ2n) is 13.8. The van der Waals surface area contributed by atoms with E-state index in [1.807, 2.05) is 0 Å². The second-order valence-corrected chi connectivity index (χ2v) is 13.8. The molecule has 0 aliphatic heterocycles. The van der Waals surface area contributed by atoms with E-state index >= 15 is 0 Å². The van der Waals surface area contributed by atoms with Crippen molar-refractivity contribution >= 4 is 70.9 Å². The van der Waals surface area contributed by atoms with E-state index in [2.05, 4.69) is 183 Å². The van der Waals surface area contributed by atoms with Crippen molar-refractivity contribution in [1.29, 1.82) is 0 Å². The third-order valence-electron chi connectivity index (χ3n) is 10.8. The molecule has 226 valence electrons. The van der Waals surface area contributed by atoms with Gasteiger partial charge in [-0.1, -0.05) is 147 Å². The molecule has 0 aromatic heterocycles. The Labute approximate surface area is 280 Å². The molecule has 0 N–H and O–H groups in total. The lowest BCUT2D eigenvalue weighted by Crippen LogP contribution is -2.16. The van der Waals surface area contributed by atoms with E-state index in [-0.39, 0.29) is 5.41 Å². The first-order valence-electron chi connectivity index (χ1n) is 16.9. The van der Waals surface area contributed by atoms with Gasteiger partial charge in [0, 0.05) is 27.6 Å². The summed E-state index contributed by atoms with van der Waals surface area (Å²) in [6, 6.07) is 60.9. The molecule has 48 heavy (non-hydrogen) atoms. The van der Waals surface area contributed by atoms with Crippen molar-refractivity contribution in [2.24, 2.45) is 0 Å². The topological polar surface area (TPSA) is 3.24 Å². The number of hydrogen-bond donors (Lipinski definition) is 0. The molecule has 0 heterocycles. The fourth-order valence-corrected chi connectivity index (χ4v) is 8.43. The van der Waals surface area contributed by atoms with Crippen LogP contribution < -0.4 is 4.90 Å². The van der Waals surface area contributed by atoms with Crippen LogP contribution in [0.5, 0.6) is 0 Å². The molecule has 0 saturated heterocycles. The number of benzene rings is 9. The van der Waals surface area contributed by atoms with Crippen LogP contribution in [-0.2, 0) is 5.41 Å². The Morgan fingerprint density at radius 1 is 0.375 bits per heavy atom. The van der Waals surface area contributed by atoms with Crippen molar-refractivity contribution in [1.82, 2.24) is 0 Å². The first-order valence-corrected chi connectivity index (χ1v) is 16.9. The van der Waals surface area contributed by atoms with Gasteiger partial charge < -0.3 is 4.90 Å². The molecular weight excluding hydrogens is 579 g/mol. The minimum Gasteiger partial charge on any atom is -0.310 e. The van der Waals surface area contributed by atoms with Gasteiger partial charge in [0.2, 0.25) is 0 Å². The Balaban J connectivity index is 1.33. The third kappa shape index (κ3) is 3.85. The van der Waals surface area contributed by atoms with Gasteiger partial charge in [0.05, 0.1) is 5.69 Å². The van der Waals surface area contributed by atoms with Crippen LogP contribution in [0.3, 0.4) is 0 Å². The summed E-state index contributed by atoms with van der Waals surface area (Å²) >= 11 is 0. The maximum absolute atomic E-state index is 2.50. The number of rotatable bonds is 3. The molecule has 0 amide bonds. The van der Waals surface area contributed by atoms with Crippen molar-refractivity contribution in [2.75, 3.05) is 4.90 Å². The van der Waals surface area contributed by atoms with Gasteiger partial charge in [0.1, 0.15) is 0 Å². The van der Waals surface area contributed by atoms with Gasteiger partial charge in [0.15, 0.2) is 0 Å². The quantitative estimate of drug-likeness (QED) is 0.180. The molecule has 9 aromatic rings. The third-order valence-corrected chi connectivity index (χ3v) is 10.8. The van der Waals surface area contributed by atoms with Gasteiger partial charge >= 0.3 is 0 Å². The summed E-state index contributed by atoms with van der Waals surface area (Å²) in [5.74, 6) is 0. The van der Waals surface area contributed by atoms with Crippen LogP contribution in [0.1, 0.15) is 25.0 Å². The Bertz CT molecular complexity index is 2770. The van der Waals surface area contributed by atoms with E-state index in [9.17, 15) is 0 Å². The van der Waals surface area contributed by atoms with Crippen LogP contribution in [0.25, 0.3) is 65.0 Å². The highest BCUT2D eigenvalue weighted by molar-refractivity contribution is 6.30. The van der Waals surface area contributed by atoms with E-state index in [0.29, 0.717) is 0 Å². The highest BCUT2D eigenvalue weighted by Crippen LogP contribution is 2.52. The smallest absolute Gasteiger partial charge is 0.0546 e. The molecule has 1 aliphatic carbocycles. The van der Waals surface area contributed by atoms with Crippen molar-refractivity contribution in [3.8, 4) is 11.1 Å². The normalized spacial score (nSPS) is 13.4. The zero-order chi connectivity index (χ0) is 32.0. The van der Waals surface area contributed by atoms with Gasteiger partial charge in [-0.25, -0.2) is 0 Å². The standard InChI is InChI=1S/C47H33N/c1-47(2)42-18-10-9-17-39(42)40-26-24-36(29-43(40)47)48(35-23-21-30-11-3-4-14-33(30)27-35)44-28-34-20-19-31-12-5-7-15-37(31)45(34)46-38-16-8-6-13-32(38)22-25-41(44)46/h3-29H,1-2H3. The first kappa shape index (κ1) is 27.2. The van der Waals surface area contributed by atoms with Crippen LogP contribution >= 0.6 is 0 Å². The van der Waals surface area contributed by atoms with Crippen LogP contribution in [-0.4, -0.2) is 0 Å². The monoisotopic (exact) mass is 611 g/mol. The number of anilines is 3. The van der Waals surface area contributed by atoms with Crippen molar-refractivity contribution in [3.63, 3.8) is 0 Å². The summed E-state index contributed by atoms with van der Waals surface area (Å²) < 4.78 is 0. The van der Waals surface area contributed by atoms with E-state index in [0.717, 1.165) is 5.69 Å². The molecule has 1 heteroatoms. The molecular formula is C47H33N. The fraction of sp³-hybridized carbons (Fsp3) is 0.0638. The molecule has 0 unspecified atom stereocenters. The Morgan fingerprint density at radius 3 is 1.75 bits per heavy atom. The molecule has 0 atom stereocenters. The summed E-state index contributed by atoms with van der Waals surface area (Å²) in [7, 11) is 0. The summed E-state index contributed by atoms with van der Waals surface area (Å²) in [5, 5.41) is 12.7. The summed E-state index contributed by atoms with van der Waals surface area (Å²) in [5.41, 5.74) is 8.84. The molecule has 0 fully saturated rings. The maximum Gasteiger partial charge on any atom is 0.0546 e. The van der Waals surface area contributed by atoms with Gasteiger partial charge in [-0.3, -0.25) is 0 Å². The fourth-order valence-electron chi connectivity index (χ4n) is 8.43. The largest absolute Gasteiger partial charge is 0.310 e. The van der Waals surface area contributed by atoms with E-state index < -0.39 is 0 Å². The molecule has 1 nitrogen and oxygen atoms in total. The number of nitrogens with zero attached hydrogens (tertiary/aromatic N) is 1. The first-order chi connectivity index (χ1) is 23.6.